The molecule has 0 saturated carbocycles. The Balaban J connectivity index is 1.23. The van der Waals surface area contributed by atoms with Gasteiger partial charge in [0.2, 0.25) is 0 Å². The van der Waals surface area contributed by atoms with E-state index in [4.69, 9.17) is 46.4 Å². The van der Waals surface area contributed by atoms with E-state index in [1.807, 2.05) is 0 Å². The molecule has 4 aromatic carbocycles. The quantitative estimate of drug-likeness (QED) is 0.0981. The Kier molecular flexibility index (Phi) is 20.4. The fourth-order valence-electron chi connectivity index (χ4n) is 26.4. The summed E-state index contributed by atoms with van der Waals surface area (Å²) in [7, 11) is 11.0. The van der Waals surface area contributed by atoms with Crippen molar-refractivity contribution in [3.8, 4) is 0 Å². The van der Waals surface area contributed by atoms with E-state index < -0.39 is 75.7 Å². The van der Waals surface area contributed by atoms with Crippen LogP contribution in [0, 0.1) is 0 Å². The van der Waals surface area contributed by atoms with Crippen molar-refractivity contribution in [3.63, 3.8) is 0 Å². The second kappa shape index (κ2) is 27.1. The van der Waals surface area contributed by atoms with Crippen LogP contribution < -0.4 is 20.7 Å². The Morgan fingerprint density at radius 1 is 0.308 bits per heavy atom. The monoisotopic (exact) mass is 1800 g/mol. The van der Waals surface area contributed by atoms with E-state index in [0.717, 1.165) is 71.5 Å². The van der Waals surface area contributed by atoms with Gasteiger partial charge in [-0.1, -0.05) is 0 Å². The molecular formula is C94H116Cl6HfSi6. The predicted molar refractivity (Wildman–Crippen MR) is 489 cm³/mol. The first kappa shape index (κ1) is 80.2. The number of benzene rings is 4. The molecule has 2 aliphatic heterocycles. The van der Waals surface area contributed by atoms with Gasteiger partial charge in [-0.15, -0.1) is 0 Å². The predicted octanol–water partition coefficient (Wildman–Crippen LogP) is 27.3. The number of hydrogen-bond acceptors (Lipinski definition) is 0. The summed E-state index contributed by atoms with van der Waals surface area (Å²) in [5, 5.41) is 9.07. The molecule has 2 saturated heterocycles. The molecule has 10 aliphatic rings. The second-order valence-electron chi connectivity index (χ2n) is 37.3. The van der Waals surface area contributed by atoms with Gasteiger partial charge in [0.15, 0.2) is 0 Å². The van der Waals surface area contributed by atoms with Crippen molar-refractivity contribution in [2.45, 2.75) is 233 Å². The van der Waals surface area contributed by atoms with Gasteiger partial charge in [0.25, 0.3) is 0 Å². The van der Waals surface area contributed by atoms with E-state index in [9.17, 15) is 17.2 Å². The van der Waals surface area contributed by atoms with Crippen LogP contribution in [0.15, 0.2) is 237 Å². The van der Waals surface area contributed by atoms with Gasteiger partial charge in [-0.2, -0.15) is 0 Å². The Morgan fingerprint density at radius 2 is 0.505 bits per heavy atom. The molecule has 8 aliphatic carbocycles. The zero-order valence-corrected chi connectivity index (χ0v) is 82.5. The molecular weight excluding hydrogens is 1690 g/mol. The van der Waals surface area contributed by atoms with E-state index in [2.05, 4.69) is 317 Å². The summed E-state index contributed by atoms with van der Waals surface area (Å²) in [6, 6.07) is 19.7. The van der Waals surface area contributed by atoms with Crippen molar-refractivity contribution < 1.29 is 14.7 Å². The molecule has 0 aromatic heterocycles. The molecule has 0 radical (unpaired) electrons. The summed E-state index contributed by atoms with van der Waals surface area (Å²) in [6.45, 7) is 54.3. The number of aryl methyl sites for hydroxylation is 4. The average molecular weight is 1810 g/mol. The first-order valence-corrected chi connectivity index (χ1v) is 76.9. The Morgan fingerprint density at radius 3 is 0.673 bits per heavy atom. The molecule has 562 valence electrons. The van der Waals surface area contributed by atoms with Gasteiger partial charge in [0.1, 0.15) is 0 Å². The first-order chi connectivity index (χ1) is 50.4. The van der Waals surface area contributed by atoms with E-state index >= 15 is 0 Å². The average Bonchev–Trinajstić information content (AvgIpc) is 1.51. The van der Waals surface area contributed by atoms with Crippen molar-refractivity contribution >= 4 is 134 Å². The fraction of sp³-hybridized carbons (Fsp3) is 0.404. The number of allylic oxidation sites excluding steroid dienone is 32. The third-order valence-electron chi connectivity index (χ3n) is 28.8. The van der Waals surface area contributed by atoms with Gasteiger partial charge < -0.3 is 0 Å². The molecule has 0 nitrogen and oxygen atoms in total. The van der Waals surface area contributed by atoms with Crippen LogP contribution in [-0.4, -0.2) is 49.9 Å². The third kappa shape index (κ3) is 9.86. The summed E-state index contributed by atoms with van der Waals surface area (Å²) in [6.07, 6.45) is 57.4. The van der Waals surface area contributed by atoms with Crippen LogP contribution >= 0.6 is 63.6 Å². The van der Waals surface area contributed by atoms with Gasteiger partial charge >= 0.3 is 684 Å². The Hall–Kier alpha value is -3.37. The molecule has 13 heteroatoms. The zero-order chi connectivity index (χ0) is 77.5. The van der Waals surface area contributed by atoms with Crippen molar-refractivity contribution in [3.05, 3.63) is 302 Å². The molecule has 2 heterocycles. The van der Waals surface area contributed by atoms with Crippen molar-refractivity contribution in [1.29, 1.82) is 0 Å². The van der Waals surface area contributed by atoms with Crippen molar-refractivity contribution in [2.24, 2.45) is 0 Å². The Bertz CT molecular complexity index is 4480. The first-order valence-electron chi connectivity index (χ1n) is 40.7. The van der Waals surface area contributed by atoms with Gasteiger partial charge in [0.05, 0.1) is 0 Å². The van der Waals surface area contributed by atoms with E-state index in [-0.39, 0.29) is 23.7 Å². The molecule has 8 unspecified atom stereocenters. The van der Waals surface area contributed by atoms with E-state index in [0.29, 0.717) is 0 Å². The molecule has 0 amide bonds. The summed E-state index contributed by atoms with van der Waals surface area (Å²) >= 11 is 23.3. The summed E-state index contributed by atoms with van der Waals surface area (Å²) in [5.74, 6) is -0.517. The van der Waals surface area contributed by atoms with E-state index in [1.165, 1.54) is 132 Å². The molecule has 2 fully saturated rings. The molecule has 5 spiro atoms. The number of rotatable bonds is 16. The number of hydrogen-bond donors (Lipinski definition) is 0. The van der Waals surface area contributed by atoms with Crippen LogP contribution in [0.2, 0.25) is 123 Å². The zero-order valence-electron chi connectivity index (χ0n) is 68.1. The topological polar surface area (TPSA) is 0 Å². The Labute approximate surface area is 676 Å². The minimum atomic E-state index is -8.20. The van der Waals surface area contributed by atoms with Crippen LogP contribution in [0.3, 0.4) is 0 Å². The molecule has 0 bridgehead atoms. The van der Waals surface area contributed by atoms with Crippen LogP contribution in [0.1, 0.15) is 149 Å². The van der Waals surface area contributed by atoms with Gasteiger partial charge in [0, 0.05) is 0 Å². The number of halogens is 6. The van der Waals surface area contributed by atoms with Crippen LogP contribution in [0.5, 0.6) is 0 Å². The molecule has 4 aromatic rings. The molecule has 8 atom stereocenters. The maximum absolute atomic E-state index is 12.0. The van der Waals surface area contributed by atoms with Crippen molar-refractivity contribution in [1.82, 2.24) is 0 Å². The van der Waals surface area contributed by atoms with Gasteiger partial charge in [-0.25, -0.2) is 0 Å². The molecule has 14 rings (SSSR count). The maximum atomic E-state index is 12.0. The summed E-state index contributed by atoms with van der Waals surface area (Å²) in [4.78, 5) is 0. The van der Waals surface area contributed by atoms with Crippen LogP contribution in [0.25, 0.3) is 0 Å². The standard InChI is InChI=1S/2C47H58Cl2Si3.2ClH.Hf/c2*1-12-30-26-40-36(34-24-32(14-3)46(42(48)28-34)51(6,7)8)20-16-18-22-38(40)44(30)50(5)45-31(13-2)27-41-37(21-17-19-23-39(41)45)35-25-33(15-4)47(43(49)29-35)52(9,10)11;;;/h2*16-29,36-37,50H,12-15H2,1-11H3;2*1H;/q;;;;+2/p-2. The second-order valence-corrected chi connectivity index (χ2v) is 113. The fourth-order valence-corrected chi connectivity index (χ4v) is 209. The summed E-state index contributed by atoms with van der Waals surface area (Å²) in [5.41, 5.74) is 27.2. The van der Waals surface area contributed by atoms with Gasteiger partial charge in [-0.3, -0.25) is 0 Å². The van der Waals surface area contributed by atoms with E-state index in [1.54, 1.807) is 0 Å². The van der Waals surface area contributed by atoms with Crippen LogP contribution in [-0.2, 0) is 40.3 Å². The summed E-state index contributed by atoms with van der Waals surface area (Å²) < 4.78 is -3.15. The normalized spacial score (nSPS) is 29.7. The van der Waals surface area contributed by atoms with Gasteiger partial charge in [-0.05, 0) is 0 Å². The number of fused-ring (bicyclic) bond motifs is 8. The molecule has 0 N–H and O–H groups in total. The van der Waals surface area contributed by atoms with Crippen LogP contribution in [0.4, 0.5) is 0 Å². The SMILES string of the molecule is CCC1=CC2=C(C=CC=CC2c2cc(Cl)c([Si](C)(C)C)c(CC)c2)[C]12[SiH](C)[C]1(C(CC)=CC3=C1C=CC=CC3c1cc(Cl)c([Si](C)(C)C)c(CC)c1)[Hf]21([Cl])([Cl])[C]2(C(CC)=CC3=C2C=CC=CC3c2cc(Cl)c([Si](C)(C)C)c(CC)c2)[SiH](C)[C]12C(CC)=CC1=C2C=CC=CC1c1cc(Cl)c([Si](C)(C)C)c(CC)c1. The van der Waals surface area contributed by atoms with Crippen molar-refractivity contribution in [2.75, 3.05) is 0 Å². The molecule has 107 heavy (non-hydrogen) atoms. The minimum absolute atomic E-state index is 0.129. The third-order valence-corrected chi connectivity index (χ3v) is 155.